The van der Waals surface area contributed by atoms with Crippen molar-refractivity contribution in [2.75, 3.05) is 19.5 Å². The first kappa shape index (κ1) is 24.2. The van der Waals surface area contributed by atoms with E-state index in [1.165, 1.54) is 12.8 Å². The van der Waals surface area contributed by atoms with Crippen LogP contribution in [0.2, 0.25) is 0 Å². The second-order valence-electron chi connectivity index (χ2n) is 12.1. The summed E-state index contributed by atoms with van der Waals surface area (Å²) in [6, 6.07) is 12.8. The lowest BCUT2D eigenvalue weighted by molar-refractivity contribution is -0.206. The molecule has 2 aromatic carbocycles. The number of anilines is 1. The highest BCUT2D eigenvalue weighted by Gasteiger charge is 2.75. The van der Waals surface area contributed by atoms with Crippen LogP contribution in [0, 0.1) is 16.7 Å². The highest BCUT2D eigenvalue weighted by molar-refractivity contribution is 6.02. The number of rotatable bonds is 8. The molecular weight excluding hydrogens is 494 g/mol. The lowest BCUT2D eigenvalue weighted by atomic mass is 9.34. The Morgan fingerprint density at radius 2 is 1.54 bits per heavy atom. The molecule has 0 aliphatic heterocycles. The van der Waals surface area contributed by atoms with Crippen LogP contribution in [0.5, 0.6) is 23.0 Å². The van der Waals surface area contributed by atoms with Crippen LogP contribution in [0.25, 0.3) is 10.9 Å². The number of carbonyl (C=O) groups excluding carboxylic acids is 2. The number of aromatic nitrogens is 1. The van der Waals surface area contributed by atoms with Crippen LogP contribution in [-0.2, 0) is 9.59 Å². The summed E-state index contributed by atoms with van der Waals surface area (Å²) in [4.78, 5) is 30.6. The van der Waals surface area contributed by atoms with Gasteiger partial charge in [-0.2, -0.15) is 0 Å². The third-order valence-corrected chi connectivity index (χ3v) is 9.66. The molecule has 202 valence electrons. The normalized spacial score (nSPS) is 29.7. The summed E-state index contributed by atoms with van der Waals surface area (Å²) in [5, 5.41) is 7.28. The van der Waals surface area contributed by atoms with Crippen LogP contribution in [-0.4, -0.2) is 36.6 Å². The van der Waals surface area contributed by atoms with E-state index >= 15 is 0 Å². The predicted octanol–water partition coefficient (Wildman–Crippen LogP) is 5.60. The Morgan fingerprint density at radius 1 is 0.872 bits per heavy atom. The van der Waals surface area contributed by atoms with Gasteiger partial charge in [-0.15, -0.1) is 0 Å². The molecule has 0 radical (unpaired) electrons. The summed E-state index contributed by atoms with van der Waals surface area (Å²) >= 11 is 0. The molecule has 39 heavy (non-hydrogen) atoms. The summed E-state index contributed by atoms with van der Waals surface area (Å²) in [6.07, 6.45) is 9.51. The Morgan fingerprint density at radius 3 is 2.18 bits per heavy atom. The van der Waals surface area contributed by atoms with E-state index in [9.17, 15) is 9.59 Å². The molecule has 2 amide bonds. The number of ether oxygens (including phenoxy) is 3. The van der Waals surface area contributed by atoms with Crippen LogP contribution in [0.3, 0.4) is 0 Å². The Labute approximate surface area is 227 Å². The fraction of sp³-hybridized carbons (Fsp3) is 0.452. The Hall–Kier alpha value is -3.81. The van der Waals surface area contributed by atoms with E-state index in [1.807, 2.05) is 36.4 Å². The van der Waals surface area contributed by atoms with Crippen LogP contribution < -0.4 is 24.8 Å². The number of nitrogens with one attached hydrogen (secondary N) is 2. The van der Waals surface area contributed by atoms with Gasteiger partial charge in [0.1, 0.15) is 11.5 Å². The molecule has 1 heterocycles. The molecule has 5 saturated carbocycles. The number of fused-ring (bicyclic) bond motifs is 3. The fourth-order valence-corrected chi connectivity index (χ4v) is 7.54. The Kier molecular flexibility index (Phi) is 5.34. The van der Waals surface area contributed by atoms with E-state index in [-0.39, 0.29) is 22.8 Å². The molecule has 5 aliphatic rings. The van der Waals surface area contributed by atoms with Gasteiger partial charge in [0.25, 0.3) is 0 Å². The minimum atomic E-state index is -0.409. The Bertz CT molecular complexity index is 1460. The number of pyridine rings is 1. The van der Waals surface area contributed by atoms with Crippen molar-refractivity contribution in [1.82, 2.24) is 10.3 Å². The predicted molar refractivity (Wildman–Crippen MR) is 146 cm³/mol. The molecule has 0 saturated heterocycles. The van der Waals surface area contributed by atoms with E-state index in [2.05, 4.69) is 15.6 Å². The minimum Gasteiger partial charge on any atom is -0.493 e. The SMILES string of the molecule is COc1cc2nccc(Oc3ccc(NC(=O)C45CC(C(=O)NC67CCC(CC6)C7)(C4)C5)cc3)c2cc1OC. The second kappa shape index (κ2) is 8.60. The van der Waals surface area contributed by atoms with Gasteiger partial charge < -0.3 is 24.8 Å². The van der Waals surface area contributed by atoms with E-state index in [4.69, 9.17) is 14.2 Å². The van der Waals surface area contributed by atoms with Crippen LogP contribution >= 0.6 is 0 Å². The van der Waals surface area contributed by atoms with Gasteiger partial charge in [-0.3, -0.25) is 14.6 Å². The third kappa shape index (κ3) is 3.83. The Balaban J connectivity index is 0.978. The molecule has 0 spiro atoms. The van der Waals surface area contributed by atoms with E-state index < -0.39 is 5.41 Å². The first-order valence-electron chi connectivity index (χ1n) is 13.8. The molecule has 5 aliphatic carbocycles. The van der Waals surface area contributed by atoms with Crippen molar-refractivity contribution < 1.29 is 23.8 Å². The van der Waals surface area contributed by atoms with Crippen molar-refractivity contribution in [3.63, 3.8) is 0 Å². The summed E-state index contributed by atoms with van der Waals surface area (Å²) in [5.74, 6) is 3.46. The number of carbonyl (C=O) groups is 2. The zero-order valence-corrected chi connectivity index (χ0v) is 22.3. The largest absolute Gasteiger partial charge is 0.493 e. The van der Waals surface area contributed by atoms with Gasteiger partial charge in [0, 0.05) is 28.9 Å². The van der Waals surface area contributed by atoms with Crippen molar-refractivity contribution in [3.05, 3.63) is 48.7 Å². The maximum atomic E-state index is 13.1. The third-order valence-electron chi connectivity index (χ3n) is 9.66. The van der Waals surface area contributed by atoms with Crippen molar-refractivity contribution in [2.24, 2.45) is 16.7 Å². The van der Waals surface area contributed by atoms with Crippen molar-refractivity contribution in [1.29, 1.82) is 0 Å². The lowest BCUT2D eigenvalue weighted by Gasteiger charge is -2.68. The average molecular weight is 528 g/mol. The molecule has 8 rings (SSSR count). The molecule has 1 aromatic heterocycles. The molecule has 2 N–H and O–H groups in total. The topological polar surface area (TPSA) is 98.8 Å². The number of amides is 2. The number of nitrogens with zero attached hydrogens (tertiary/aromatic N) is 1. The standard InChI is InChI=1S/C31H33N3O5/c1-37-25-13-22-23(14-26(25)38-2)32-12-9-24(22)39-21-5-3-20(4-6-21)33-27(35)29-16-30(17-29,18-29)28(36)34-31-10-7-19(15-31)8-11-31/h3-6,9,12-14,19H,7-8,10-11,15-18H2,1-2H3,(H,33,35)(H,34,36). The van der Waals surface area contributed by atoms with E-state index in [1.54, 1.807) is 26.5 Å². The van der Waals surface area contributed by atoms with Gasteiger partial charge in [0.2, 0.25) is 11.8 Å². The van der Waals surface area contributed by atoms with Gasteiger partial charge in [-0.05, 0) is 93.7 Å². The highest BCUT2D eigenvalue weighted by atomic mass is 16.5. The number of hydrogen-bond donors (Lipinski definition) is 2. The number of methoxy groups -OCH3 is 2. The maximum Gasteiger partial charge on any atom is 0.230 e. The molecule has 8 nitrogen and oxygen atoms in total. The second-order valence-corrected chi connectivity index (χ2v) is 12.1. The molecular formula is C31H33N3O5. The molecule has 0 atom stereocenters. The van der Waals surface area contributed by atoms with E-state index in [0.29, 0.717) is 47.9 Å². The average Bonchev–Trinajstić information content (AvgIpc) is 3.48. The lowest BCUT2D eigenvalue weighted by Crippen LogP contribution is -2.72. The van der Waals surface area contributed by atoms with Gasteiger partial charge in [0.15, 0.2) is 11.5 Å². The van der Waals surface area contributed by atoms with Gasteiger partial charge >= 0.3 is 0 Å². The summed E-state index contributed by atoms with van der Waals surface area (Å²) in [6.45, 7) is 0. The maximum absolute atomic E-state index is 13.1. The summed E-state index contributed by atoms with van der Waals surface area (Å²) in [7, 11) is 3.18. The highest BCUT2D eigenvalue weighted by Crippen LogP contribution is 2.74. The molecule has 8 heteroatoms. The molecule has 0 unspecified atom stereocenters. The monoisotopic (exact) mass is 527 g/mol. The molecule has 4 bridgehead atoms. The zero-order valence-electron chi connectivity index (χ0n) is 22.3. The molecule has 3 aromatic rings. The van der Waals surface area contributed by atoms with Crippen LogP contribution in [0.4, 0.5) is 5.69 Å². The van der Waals surface area contributed by atoms with Crippen molar-refractivity contribution in [2.45, 2.75) is 56.9 Å². The first-order valence-corrected chi connectivity index (χ1v) is 13.8. The smallest absolute Gasteiger partial charge is 0.230 e. The van der Waals surface area contributed by atoms with Crippen LogP contribution in [0.1, 0.15) is 51.4 Å². The van der Waals surface area contributed by atoms with Gasteiger partial charge in [-0.1, -0.05) is 0 Å². The van der Waals surface area contributed by atoms with Gasteiger partial charge in [-0.25, -0.2) is 0 Å². The number of benzene rings is 2. The number of hydrogen-bond acceptors (Lipinski definition) is 6. The van der Waals surface area contributed by atoms with E-state index in [0.717, 1.165) is 36.1 Å². The van der Waals surface area contributed by atoms with Crippen LogP contribution in [0.15, 0.2) is 48.7 Å². The van der Waals surface area contributed by atoms with Gasteiger partial charge in [0.05, 0.1) is 30.6 Å². The van der Waals surface area contributed by atoms with Crippen molar-refractivity contribution in [3.8, 4) is 23.0 Å². The van der Waals surface area contributed by atoms with Crippen molar-refractivity contribution >= 4 is 28.4 Å². The summed E-state index contributed by atoms with van der Waals surface area (Å²) in [5.41, 5.74) is 0.744. The fourth-order valence-electron chi connectivity index (χ4n) is 7.54. The molecule has 5 fully saturated rings. The minimum absolute atomic E-state index is 0.00646. The first-order chi connectivity index (χ1) is 18.8. The zero-order chi connectivity index (χ0) is 26.8. The summed E-state index contributed by atoms with van der Waals surface area (Å²) < 4.78 is 17.0. The quantitative estimate of drug-likeness (QED) is 0.396.